The molecule has 0 radical (unpaired) electrons. The van der Waals surface area contributed by atoms with E-state index in [2.05, 4.69) is 10.2 Å². The second-order valence-electron chi connectivity index (χ2n) is 6.20. The molecule has 0 aliphatic carbocycles. The van der Waals surface area contributed by atoms with Gasteiger partial charge in [-0.25, -0.2) is 0 Å². The van der Waals surface area contributed by atoms with Gasteiger partial charge in [-0.05, 0) is 48.5 Å². The fraction of sp³-hybridized carbons (Fsp3) is 0.0952. The van der Waals surface area contributed by atoms with Gasteiger partial charge in [0.1, 0.15) is 5.76 Å². The first-order valence-corrected chi connectivity index (χ1v) is 10.5. The van der Waals surface area contributed by atoms with Crippen molar-refractivity contribution in [1.82, 2.24) is 14.8 Å². The number of hydrogen-bond donors (Lipinski definition) is 0. The molecule has 0 fully saturated rings. The lowest BCUT2D eigenvalue weighted by atomic mass is 10.1. The molecule has 5 nitrogen and oxygen atoms in total. The molecular weight excluding hydrogens is 429 g/mol. The predicted octanol–water partition coefficient (Wildman–Crippen LogP) is 5.87. The summed E-state index contributed by atoms with van der Waals surface area (Å²) in [7, 11) is 0. The third-order valence-electron chi connectivity index (χ3n) is 4.19. The molecular formula is C21H15Cl2N3O2S. The van der Waals surface area contributed by atoms with Crippen LogP contribution in [0.5, 0.6) is 0 Å². The molecule has 146 valence electrons. The van der Waals surface area contributed by atoms with Gasteiger partial charge in [-0.1, -0.05) is 47.1 Å². The molecule has 0 aliphatic rings. The van der Waals surface area contributed by atoms with E-state index in [4.69, 9.17) is 27.6 Å². The first-order chi connectivity index (χ1) is 14.1. The number of furan rings is 1. The standard InChI is InChI=1S/C21H15Cl2N3O2S/c22-16-8-6-14(7-9-16)19(27)13-29-21-25-24-20(15-3-1-4-17(23)11-15)26(21)12-18-5-2-10-28-18/h1-11H,12-13H2. The predicted molar refractivity (Wildman–Crippen MR) is 115 cm³/mol. The summed E-state index contributed by atoms with van der Waals surface area (Å²) in [5.41, 5.74) is 1.45. The van der Waals surface area contributed by atoms with Gasteiger partial charge in [0, 0.05) is 21.2 Å². The van der Waals surface area contributed by atoms with E-state index >= 15 is 0 Å². The maximum Gasteiger partial charge on any atom is 0.192 e. The van der Waals surface area contributed by atoms with Crippen molar-refractivity contribution in [2.75, 3.05) is 5.75 Å². The number of thioether (sulfide) groups is 1. The van der Waals surface area contributed by atoms with Crippen molar-refractivity contribution in [1.29, 1.82) is 0 Å². The van der Waals surface area contributed by atoms with Gasteiger partial charge in [-0.3, -0.25) is 9.36 Å². The normalized spacial score (nSPS) is 11.0. The van der Waals surface area contributed by atoms with Crippen molar-refractivity contribution in [3.8, 4) is 11.4 Å². The molecule has 2 aromatic heterocycles. The Labute approximate surface area is 181 Å². The molecule has 0 unspecified atom stereocenters. The van der Waals surface area contributed by atoms with Gasteiger partial charge >= 0.3 is 0 Å². The number of ketones is 1. The lowest BCUT2D eigenvalue weighted by Crippen LogP contribution is -2.06. The maximum absolute atomic E-state index is 12.5. The van der Waals surface area contributed by atoms with Gasteiger partial charge in [0.15, 0.2) is 16.8 Å². The number of aromatic nitrogens is 3. The van der Waals surface area contributed by atoms with E-state index in [1.807, 2.05) is 34.9 Å². The quantitative estimate of drug-likeness (QED) is 0.264. The summed E-state index contributed by atoms with van der Waals surface area (Å²) < 4.78 is 7.41. The SMILES string of the molecule is O=C(CSc1nnc(-c2cccc(Cl)c2)n1Cc1ccco1)c1ccc(Cl)cc1. The fourth-order valence-corrected chi connectivity index (χ4v) is 3.94. The summed E-state index contributed by atoms with van der Waals surface area (Å²) in [6.07, 6.45) is 1.62. The minimum atomic E-state index is -0.0106. The second-order valence-corrected chi connectivity index (χ2v) is 8.02. The second kappa shape index (κ2) is 8.86. The molecule has 4 aromatic rings. The Bertz CT molecular complexity index is 1130. The molecule has 0 aliphatic heterocycles. The molecule has 0 amide bonds. The Morgan fingerprint density at radius 3 is 2.55 bits per heavy atom. The van der Waals surface area contributed by atoms with Gasteiger partial charge in [0.25, 0.3) is 0 Å². The highest BCUT2D eigenvalue weighted by atomic mass is 35.5. The van der Waals surface area contributed by atoms with Crippen LogP contribution >= 0.6 is 35.0 Å². The maximum atomic E-state index is 12.5. The highest BCUT2D eigenvalue weighted by Crippen LogP contribution is 2.27. The van der Waals surface area contributed by atoms with Crippen LogP contribution in [0.1, 0.15) is 16.1 Å². The number of halogens is 2. The molecule has 4 rings (SSSR count). The molecule has 0 saturated heterocycles. The third kappa shape index (κ3) is 4.72. The number of carbonyl (C=O) groups is 1. The lowest BCUT2D eigenvalue weighted by molar-refractivity contribution is 0.102. The van der Waals surface area contributed by atoms with Crippen molar-refractivity contribution in [3.05, 3.63) is 88.3 Å². The number of hydrogen-bond acceptors (Lipinski definition) is 5. The van der Waals surface area contributed by atoms with Crippen LogP contribution in [0.4, 0.5) is 0 Å². The minimum absolute atomic E-state index is 0.0106. The van der Waals surface area contributed by atoms with Crippen molar-refractivity contribution < 1.29 is 9.21 Å². The van der Waals surface area contributed by atoms with Crippen molar-refractivity contribution in [2.24, 2.45) is 0 Å². The average Bonchev–Trinajstić information content (AvgIpc) is 3.37. The van der Waals surface area contributed by atoms with Crippen LogP contribution in [0, 0.1) is 0 Å². The molecule has 0 atom stereocenters. The smallest absolute Gasteiger partial charge is 0.192 e. The molecule has 29 heavy (non-hydrogen) atoms. The fourth-order valence-electron chi connectivity index (χ4n) is 2.79. The highest BCUT2D eigenvalue weighted by Gasteiger charge is 2.17. The van der Waals surface area contributed by atoms with Gasteiger partial charge in [-0.15, -0.1) is 10.2 Å². The van der Waals surface area contributed by atoms with Crippen molar-refractivity contribution >= 4 is 40.7 Å². The number of rotatable bonds is 7. The van der Waals surface area contributed by atoms with E-state index in [1.165, 1.54) is 11.8 Å². The van der Waals surface area contributed by atoms with E-state index in [0.717, 1.165) is 11.3 Å². The van der Waals surface area contributed by atoms with E-state index in [9.17, 15) is 4.79 Å². The first-order valence-electron chi connectivity index (χ1n) is 8.73. The number of Topliss-reactive ketones (excluding diaryl/α,β-unsaturated/α-hetero) is 1. The molecule has 2 heterocycles. The van der Waals surface area contributed by atoms with E-state index < -0.39 is 0 Å². The van der Waals surface area contributed by atoms with E-state index in [0.29, 0.717) is 33.1 Å². The Balaban J connectivity index is 1.60. The van der Waals surface area contributed by atoms with Crippen molar-refractivity contribution in [2.45, 2.75) is 11.7 Å². The summed E-state index contributed by atoms with van der Waals surface area (Å²) in [6, 6.07) is 18.0. The van der Waals surface area contributed by atoms with E-state index in [1.54, 1.807) is 36.6 Å². The number of carbonyl (C=O) groups excluding carboxylic acids is 1. The molecule has 0 N–H and O–H groups in total. The Morgan fingerprint density at radius 2 is 1.83 bits per heavy atom. The van der Waals surface area contributed by atoms with Gasteiger partial charge in [0.05, 0.1) is 18.6 Å². The Morgan fingerprint density at radius 1 is 1.00 bits per heavy atom. The van der Waals surface area contributed by atoms with Crippen LogP contribution in [-0.2, 0) is 6.54 Å². The lowest BCUT2D eigenvalue weighted by Gasteiger charge is -2.09. The summed E-state index contributed by atoms with van der Waals surface area (Å²) in [6.45, 7) is 0.444. The first kappa shape index (κ1) is 19.8. The summed E-state index contributed by atoms with van der Waals surface area (Å²) in [4.78, 5) is 12.5. The zero-order valence-electron chi connectivity index (χ0n) is 15.1. The molecule has 0 bridgehead atoms. The highest BCUT2D eigenvalue weighted by molar-refractivity contribution is 7.99. The van der Waals surface area contributed by atoms with Crippen molar-refractivity contribution in [3.63, 3.8) is 0 Å². The zero-order chi connectivity index (χ0) is 20.2. The van der Waals surface area contributed by atoms with Crippen LogP contribution in [0.3, 0.4) is 0 Å². The summed E-state index contributed by atoms with van der Waals surface area (Å²) in [5.74, 6) is 1.64. The average molecular weight is 444 g/mol. The zero-order valence-corrected chi connectivity index (χ0v) is 17.4. The third-order valence-corrected chi connectivity index (χ3v) is 5.65. The summed E-state index contributed by atoms with van der Waals surface area (Å²) >= 11 is 13.4. The Hall–Kier alpha value is -2.54. The van der Waals surface area contributed by atoms with Crippen LogP contribution < -0.4 is 0 Å². The monoisotopic (exact) mass is 443 g/mol. The van der Waals surface area contributed by atoms with Crippen LogP contribution in [0.25, 0.3) is 11.4 Å². The van der Waals surface area contributed by atoms with Crippen LogP contribution in [0.2, 0.25) is 10.0 Å². The Kier molecular flexibility index (Phi) is 6.04. The van der Waals surface area contributed by atoms with Crippen LogP contribution in [0.15, 0.2) is 76.5 Å². The molecule has 0 saturated carbocycles. The minimum Gasteiger partial charge on any atom is -0.467 e. The molecule has 8 heteroatoms. The number of nitrogens with zero attached hydrogens (tertiary/aromatic N) is 3. The van der Waals surface area contributed by atoms with E-state index in [-0.39, 0.29) is 11.5 Å². The number of benzene rings is 2. The van der Waals surface area contributed by atoms with Crippen LogP contribution in [-0.4, -0.2) is 26.3 Å². The largest absolute Gasteiger partial charge is 0.467 e. The topological polar surface area (TPSA) is 60.9 Å². The van der Waals surface area contributed by atoms with Gasteiger partial charge in [0.2, 0.25) is 0 Å². The molecule has 2 aromatic carbocycles. The summed E-state index contributed by atoms with van der Waals surface area (Å²) in [5, 5.41) is 10.5. The molecule has 0 spiro atoms. The van der Waals surface area contributed by atoms with Gasteiger partial charge in [-0.2, -0.15) is 0 Å². The van der Waals surface area contributed by atoms with Gasteiger partial charge < -0.3 is 4.42 Å².